The molecule has 0 radical (unpaired) electrons. The number of hydrogen-bond donors (Lipinski definition) is 1. The predicted octanol–water partition coefficient (Wildman–Crippen LogP) is 0.866. The Balaban J connectivity index is 4.70. The van der Waals surface area contributed by atoms with Gasteiger partial charge in [-0.1, -0.05) is 13.8 Å². The van der Waals surface area contributed by atoms with Gasteiger partial charge in [-0.05, 0) is 19.8 Å². The Morgan fingerprint density at radius 2 is 1.88 bits per heavy atom. The standard InChI is InChI=1S/C11H20N2O3S/c1-5-11(6-2,8-12)10(14)13-9(3)7-17(4,15)16/h9H,5-7H2,1-4H3,(H,13,14). The topological polar surface area (TPSA) is 87.0 Å². The first-order valence-electron chi connectivity index (χ1n) is 5.60. The average molecular weight is 260 g/mol. The molecular weight excluding hydrogens is 240 g/mol. The SMILES string of the molecule is CCC(C#N)(CC)C(=O)NC(C)CS(C)(=O)=O. The molecule has 0 rings (SSSR count). The van der Waals surface area contributed by atoms with Crippen molar-refractivity contribution in [1.29, 1.82) is 5.26 Å². The molecule has 0 heterocycles. The summed E-state index contributed by atoms with van der Waals surface area (Å²) in [4.78, 5) is 11.9. The second-order valence-corrected chi connectivity index (χ2v) is 6.55. The lowest BCUT2D eigenvalue weighted by atomic mass is 9.83. The number of carbonyl (C=O) groups is 1. The summed E-state index contributed by atoms with van der Waals surface area (Å²) < 4.78 is 22.1. The first-order valence-corrected chi connectivity index (χ1v) is 7.66. The molecule has 1 amide bonds. The minimum Gasteiger partial charge on any atom is -0.351 e. The molecule has 0 fully saturated rings. The highest BCUT2D eigenvalue weighted by molar-refractivity contribution is 7.90. The second kappa shape index (κ2) is 6.01. The molecule has 1 N–H and O–H groups in total. The van der Waals surface area contributed by atoms with E-state index in [0.29, 0.717) is 12.8 Å². The van der Waals surface area contributed by atoms with Crippen molar-refractivity contribution in [3.05, 3.63) is 0 Å². The minimum absolute atomic E-state index is 0.117. The van der Waals surface area contributed by atoms with Crippen molar-refractivity contribution in [2.24, 2.45) is 5.41 Å². The summed E-state index contributed by atoms with van der Waals surface area (Å²) in [6.07, 6.45) is 1.95. The van der Waals surface area contributed by atoms with Crippen molar-refractivity contribution in [2.75, 3.05) is 12.0 Å². The predicted molar refractivity (Wildman–Crippen MR) is 65.9 cm³/mol. The third-order valence-corrected chi connectivity index (χ3v) is 3.89. The van der Waals surface area contributed by atoms with Crippen LogP contribution in [0.5, 0.6) is 0 Å². The van der Waals surface area contributed by atoms with E-state index in [4.69, 9.17) is 5.26 Å². The highest BCUT2D eigenvalue weighted by Gasteiger charge is 2.35. The molecule has 0 aliphatic carbocycles. The summed E-state index contributed by atoms with van der Waals surface area (Å²) in [6, 6.07) is 1.54. The van der Waals surface area contributed by atoms with E-state index < -0.39 is 21.3 Å². The third-order valence-electron chi connectivity index (χ3n) is 2.79. The Kier molecular flexibility index (Phi) is 5.62. The third kappa shape index (κ3) is 4.73. The molecule has 98 valence electrons. The van der Waals surface area contributed by atoms with Gasteiger partial charge in [-0.25, -0.2) is 8.42 Å². The quantitative estimate of drug-likeness (QED) is 0.767. The van der Waals surface area contributed by atoms with Crippen molar-refractivity contribution >= 4 is 15.7 Å². The number of sulfone groups is 1. The Hall–Kier alpha value is -1.09. The molecule has 0 spiro atoms. The Morgan fingerprint density at radius 3 is 2.18 bits per heavy atom. The van der Waals surface area contributed by atoms with Crippen molar-refractivity contribution < 1.29 is 13.2 Å². The number of amides is 1. The molecule has 0 bridgehead atoms. The molecule has 0 saturated carbocycles. The van der Waals surface area contributed by atoms with Crippen LogP contribution in [0.4, 0.5) is 0 Å². The molecule has 6 heteroatoms. The minimum atomic E-state index is -3.13. The summed E-state index contributed by atoms with van der Waals surface area (Å²) in [5.74, 6) is -0.505. The van der Waals surface area contributed by atoms with Crippen LogP contribution in [0, 0.1) is 16.7 Å². The van der Waals surface area contributed by atoms with Crippen molar-refractivity contribution in [3.8, 4) is 6.07 Å². The van der Waals surface area contributed by atoms with E-state index in [0.717, 1.165) is 6.26 Å². The Morgan fingerprint density at radius 1 is 1.41 bits per heavy atom. The monoisotopic (exact) mass is 260 g/mol. The highest BCUT2D eigenvalue weighted by atomic mass is 32.2. The van der Waals surface area contributed by atoms with Gasteiger partial charge in [-0.15, -0.1) is 0 Å². The lowest BCUT2D eigenvalue weighted by molar-refractivity contribution is -0.129. The van der Waals surface area contributed by atoms with Crippen molar-refractivity contribution in [1.82, 2.24) is 5.32 Å². The Bertz CT molecular complexity index is 405. The molecule has 0 aromatic heterocycles. The number of carbonyl (C=O) groups excluding carboxylic acids is 1. The zero-order valence-electron chi connectivity index (χ0n) is 10.8. The molecule has 1 atom stereocenters. The number of nitrogens with zero attached hydrogens (tertiary/aromatic N) is 1. The van der Waals surface area contributed by atoms with Crippen molar-refractivity contribution in [3.63, 3.8) is 0 Å². The molecule has 0 aromatic carbocycles. The molecular formula is C11H20N2O3S. The molecule has 5 nitrogen and oxygen atoms in total. The van der Waals surface area contributed by atoms with Crippen LogP contribution in [0.25, 0.3) is 0 Å². The molecule has 0 aliphatic heterocycles. The maximum absolute atomic E-state index is 11.9. The van der Waals surface area contributed by atoms with Crippen LogP contribution < -0.4 is 5.32 Å². The van der Waals surface area contributed by atoms with E-state index >= 15 is 0 Å². The van der Waals surface area contributed by atoms with E-state index in [1.165, 1.54) is 0 Å². The van der Waals surface area contributed by atoms with Gasteiger partial charge < -0.3 is 5.32 Å². The van der Waals surface area contributed by atoms with E-state index in [2.05, 4.69) is 5.32 Å². The van der Waals surface area contributed by atoms with Gasteiger partial charge in [0.25, 0.3) is 0 Å². The van der Waals surface area contributed by atoms with Gasteiger partial charge >= 0.3 is 0 Å². The van der Waals surface area contributed by atoms with Crippen LogP contribution in [0.15, 0.2) is 0 Å². The van der Waals surface area contributed by atoms with Gasteiger partial charge in [0.15, 0.2) is 0 Å². The first-order chi connectivity index (χ1) is 7.70. The van der Waals surface area contributed by atoms with E-state index in [1.807, 2.05) is 6.07 Å². The molecule has 1 unspecified atom stereocenters. The maximum Gasteiger partial charge on any atom is 0.240 e. The summed E-state index contributed by atoms with van der Waals surface area (Å²) in [6.45, 7) is 5.16. The first kappa shape index (κ1) is 15.9. The van der Waals surface area contributed by atoms with Gasteiger partial charge in [-0.2, -0.15) is 5.26 Å². The summed E-state index contributed by atoms with van der Waals surface area (Å²) >= 11 is 0. The van der Waals surface area contributed by atoms with Crippen LogP contribution in [0.1, 0.15) is 33.6 Å². The fraction of sp³-hybridized carbons (Fsp3) is 0.818. The zero-order chi connectivity index (χ0) is 13.7. The number of nitriles is 1. The maximum atomic E-state index is 11.9. The average Bonchev–Trinajstić information content (AvgIpc) is 2.18. The summed E-state index contributed by atoms with van der Waals surface area (Å²) in [5.41, 5.74) is -1.05. The van der Waals surface area contributed by atoms with Crippen molar-refractivity contribution in [2.45, 2.75) is 39.7 Å². The van der Waals surface area contributed by atoms with Gasteiger partial charge in [-0.3, -0.25) is 4.79 Å². The van der Waals surface area contributed by atoms with Gasteiger partial charge in [0, 0.05) is 12.3 Å². The van der Waals surface area contributed by atoms with Gasteiger partial charge in [0.1, 0.15) is 15.3 Å². The largest absolute Gasteiger partial charge is 0.351 e. The summed E-state index contributed by atoms with van der Waals surface area (Å²) in [7, 11) is -3.13. The van der Waals surface area contributed by atoms with E-state index in [-0.39, 0.29) is 11.7 Å². The lowest BCUT2D eigenvalue weighted by Gasteiger charge is -2.24. The number of hydrogen-bond acceptors (Lipinski definition) is 4. The van der Waals surface area contributed by atoms with E-state index in [9.17, 15) is 13.2 Å². The van der Waals surface area contributed by atoms with Crippen LogP contribution in [-0.4, -0.2) is 32.4 Å². The lowest BCUT2D eigenvalue weighted by Crippen LogP contribution is -2.45. The normalized spacial score (nSPS) is 13.8. The van der Waals surface area contributed by atoms with Crippen LogP contribution in [0.3, 0.4) is 0 Å². The smallest absolute Gasteiger partial charge is 0.240 e. The molecule has 0 aromatic rings. The van der Waals surface area contributed by atoms with Gasteiger partial charge in [0.2, 0.25) is 5.91 Å². The molecule has 0 saturated heterocycles. The number of rotatable bonds is 6. The molecule has 0 aliphatic rings. The van der Waals surface area contributed by atoms with E-state index in [1.54, 1.807) is 20.8 Å². The van der Waals surface area contributed by atoms with Crippen LogP contribution >= 0.6 is 0 Å². The summed E-state index contributed by atoms with van der Waals surface area (Å²) in [5, 5.41) is 11.7. The van der Waals surface area contributed by atoms with Crippen LogP contribution in [-0.2, 0) is 14.6 Å². The van der Waals surface area contributed by atoms with Gasteiger partial charge in [0.05, 0.1) is 11.8 Å². The highest BCUT2D eigenvalue weighted by Crippen LogP contribution is 2.25. The fourth-order valence-electron chi connectivity index (χ4n) is 1.64. The Labute approximate surface area is 103 Å². The number of nitrogens with one attached hydrogen (secondary N) is 1. The second-order valence-electron chi connectivity index (χ2n) is 4.37. The zero-order valence-corrected chi connectivity index (χ0v) is 11.6. The molecule has 17 heavy (non-hydrogen) atoms. The van der Waals surface area contributed by atoms with Crippen LogP contribution in [0.2, 0.25) is 0 Å². The fourth-order valence-corrected chi connectivity index (χ4v) is 2.63.